The molecule has 0 spiro atoms. The molecule has 1 saturated heterocycles. The third-order valence-corrected chi connectivity index (χ3v) is 2.13. The molecule has 0 bridgehead atoms. The number of rotatable bonds is 4. The molecule has 0 aromatic rings. The molecule has 0 radical (unpaired) electrons. The third-order valence-electron chi connectivity index (χ3n) is 2.13. The lowest BCUT2D eigenvalue weighted by molar-refractivity contribution is -0.217. The first-order chi connectivity index (χ1) is 6.77. The first-order valence-corrected chi connectivity index (χ1v) is 4.74. The lowest BCUT2D eigenvalue weighted by Gasteiger charge is -2.32. The van der Waals surface area contributed by atoms with E-state index >= 15 is 0 Å². The zero-order chi connectivity index (χ0) is 10.4. The molecule has 6 nitrogen and oxygen atoms in total. The van der Waals surface area contributed by atoms with Crippen LogP contribution in [-0.4, -0.2) is 36.8 Å². The monoisotopic (exact) mass is 201 g/mol. The summed E-state index contributed by atoms with van der Waals surface area (Å²) in [6.45, 7) is 2.62. The molecule has 3 atom stereocenters. The summed E-state index contributed by atoms with van der Waals surface area (Å²) in [5.74, 6) is 0. The number of ether oxygens (including phenoxy) is 2. The third kappa shape index (κ3) is 3.16. The van der Waals surface area contributed by atoms with E-state index in [0.29, 0.717) is 19.4 Å². The Balaban J connectivity index is 2.41. The second-order valence-electron chi connectivity index (χ2n) is 3.12. The molecule has 1 aliphatic heterocycles. The maximum Gasteiger partial charge on any atom is 0.158 e. The molecule has 14 heavy (non-hydrogen) atoms. The van der Waals surface area contributed by atoms with Crippen LogP contribution in [0.25, 0.3) is 10.4 Å². The van der Waals surface area contributed by atoms with Gasteiger partial charge in [-0.25, -0.2) is 0 Å². The van der Waals surface area contributed by atoms with Gasteiger partial charge in [-0.15, -0.1) is 0 Å². The molecule has 0 amide bonds. The molecule has 1 fully saturated rings. The van der Waals surface area contributed by atoms with Crippen LogP contribution in [0.2, 0.25) is 0 Å². The molecule has 0 aliphatic carbocycles. The van der Waals surface area contributed by atoms with Gasteiger partial charge in [0.05, 0.1) is 18.8 Å². The molecule has 0 unspecified atom stereocenters. The van der Waals surface area contributed by atoms with Gasteiger partial charge in [0.2, 0.25) is 0 Å². The van der Waals surface area contributed by atoms with Crippen LogP contribution >= 0.6 is 0 Å². The lowest BCUT2D eigenvalue weighted by Crippen LogP contribution is -2.41. The van der Waals surface area contributed by atoms with Crippen molar-refractivity contribution in [1.29, 1.82) is 0 Å². The number of hydrogen-bond donors (Lipinski definition) is 1. The fraction of sp³-hybridized carbons (Fsp3) is 1.00. The molecule has 6 heteroatoms. The van der Waals surface area contributed by atoms with E-state index in [0.717, 1.165) is 0 Å². The summed E-state index contributed by atoms with van der Waals surface area (Å²) >= 11 is 0. The van der Waals surface area contributed by atoms with Crippen molar-refractivity contribution in [1.82, 2.24) is 0 Å². The normalized spacial score (nSPS) is 32.3. The fourth-order valence-electron chi connectivity index (χ4n) is 1.44. The van der Waals surface area contributed by atoms with Crippen LogP contribution in [0, 0.1) is 0 Å². The van der Waals surface area contributed by atoms with Crippen molar-refractivity contribution < 1.29 is 14.6 Å². The van der Waals surface area contributed by atoms with E-state index in [1.165, 1.54) is 0 Å². The van der Waals surface area contributed by atoms with Gasteiger partial charge in [0.15, 0.2) is 6.29 Å². The van der Waals surface area contributed by atoms with Crippen molar-refractivity contribution >= 4 is 0 Å². The van der Waals surface area contributed by atoms with Gasteiger partial charge < -0.3 is 14.6 Å². The molecule has 1 aliphatic rings. The van der Waals surface area contributed by atoms with E-state index in [-0.39, 0.29) is 12.8 Å². The summed E-state index contributed by atoms with van der Waals surface area (Å²) in [7, 11) is 0. The van der Waals surface area contributed by atoms with Crippen LogP contribution < -0.4 is 0 Å². The zero-order valence-corrected chi connectivity index (χ0v) is 8.17. The number of azide groups is 1. The topological polar surface area (TPSA) is 87.5 Å². The number of aliphatic hydroxyl groups is 1. The highest BCUT2D eigenvalue weighted by atomic mass is 16.7. The highest BCUT2D eigenvalue weighted by Crippen LogP contribution is 2.20. The van der Waals surface area contributed by atoms with Crippen LogP contribution in [0.1, 0.15) is 19.8 Å². The lowest BCUT2D eigenvalue weighted by atomic mass is 10.1. The molecule has 80 valence electrons. The van der Waals surface area contributed by atoms with E-state index in [9.17, 15) is 5.11 Å². The Morgan fingerprint density at radius 2 is 2.43 bits per heavy atom. The van der Waals surface area contributed by atoms with Gasteiger partial charge in [-0.1, -0.05) is 5.11 Å². The first-order valence-electron chi connectivity index (χ1n) is 4.74. The quantitative estimate of drug-likeness (QED) is 0.421. The van der Waals surface area contributed by atoms with Gasteiger partial charge in [0.25, 0.3) is 0 Å². The molecule has 1 heterocycles. The van der Waals surface area contributed by atoms with Crippen LogP contribution in [-0.2, 0) is 9.47 Å². The SMILES string of the molecule is CCO[C@@H]1CC[C@@H](O)[C@@H](CN=[N+]=[N-])O1. The van der Waals surface area contributed by atoms with Gasteiger partial charge in [0.1, 0.15) is 0 Å². The Morgan fingerprint density at radius 1 is 1.64 bits per heavy atom. The van der Waals surface area contributed by atoms with Crippen molar-refractivity contribution in [3.05, 3.63) is 10.4 Å². The summed E-state index contributed by atoms with van der Waals surface area (Å²) in [5, 5.41) is 12.9. The van der Waals surface area contributed by atoms with Crippen molar-refractivity contribution in [2.45, 2.75) is 38.3 Å². The predicted molar refractivity (Wildman–Crippen MR) is 49.5 cm³/mol. The molecular formula is C8H15N3O3. The fourth-order valence-corrected chi connectivity index (χ4v) is 1.44. The summed E-state index contributed by atoms with van der Waals surface area (Å²) < 4.78 is 10.7. The first kappa shape index (κ1) is 11.3. The van der Waals surface area contributed by atoms with Gasteiger partial charge in [-0.05, 0) is 18.9 Å². The van der Waals surface area contributed by atoms with Crippen LogP contribution in [0.15, 0.2) is 5.11 Å². The highest BCUT2D eigenvalue weighted by molar-refractivity contribution is 4.77. The summed E-state index contributed by atoms with van der Waals surface area (Å²) in [5.41, 5.74) is 8.14. The van der Waals surface area contributed by atoms with E-state index in [1.54, 1.807) is 0 Å². The number of hydrogen-bond acceptors (Lipinski definition) is 4. The Hall–Kier alpha value is -0.810. The number of nitrogens with zero attached hydrogens (tertiary/aromatic N) is 3. The maximum atomic E-state index is 9.52. The smallest absolute Gasteiger partial charge is 0.158 e. The van der Waals surface area contributed by atoms with Crippen LogP contribution in [0.5, 0.6) is 0 Å². The van der Waals surface area contributed by atoms with Gasteiger partial charge >= 0.3 is 0 Å². The van der Waals surface area contributed by atoms with Crippen LogP contribution in [0.4, 0.5) is 0 Å². The minimum absolute atomic E-state index is 0.154. The average Bonchev–Trinajstić information content (AvgIpc) is 2.19. The molecular weight excluding hydrogens is 186 g/mol. The Bertz CT molecular complexity index is 218. The predicted octanol–water partition coefficient (Wildman–Crippen LogP) is 1.20. The zero-order valence-electron chi connectivity index (χ0n) is 8.17. The second kappa shape index (κ2) is 5.82. The molecule has 0 saturated carbocycles. The second-order valence-corrected chi connectivity index (χ2v) is 3.12. The number of aliphatic hydroxyl groups excluding tert-OH is 1. The minimum Gasteiger partial charge on any atom is -0.390 e. The van der Waals surface area contributed by atoms with E-state index < -0.39 is 12.2 Å². The van der Waals surface area contributed by atoms with Crippen LogP contribution in [0.3, 0.4) is 0 Å². The van der Waals surface area contributed by atoms with Gasteiger partial charge in [-0.2, -0.15) is 0 Å². The minimum atomic E-state index is -0.558. The van der Waals surface area contributed by atoms with Gasteiger partial charge in [0, 0.05) is 17.9 Å². The summed E-state index contributed by atoms with van der Waals surface area (Å²) in [6.07, 6.45) is 0.0358. The Morgan fingerprint density at radius 3 is 3.07 bits per heavy atom. The average molecular weight is 201 g/mol. The highest BCUT2D eigenvalue weighted by Gasteiger charge is 2.29. The van der Waals surface area contributed by atoms with E-state index in [4.69, 9.17) is 15.0 Å². The van der Waals surface area contributed by atoms with Crippen molar-refractivity contribution in [2.24, 2.45) is 5.11 Å². The van der Waals surface area contributed by atoms with Crippen molar-refractivity contribution in [2.75, 3.05) is 13.2 Å². The Labute approximate surface area is 82.4 Å². The molecule has 1 N–H and O–H groups in total. The summed E-state index contributed by atoms with van der Waals surface area (Å²) in [6, 6.07) is 0. The standard InChI is InChI=1S/C8H15N3O3/c1-2-13-8-4-3-6(12)7(14-8)5-10-11-9/h6-8,12H,2-5H2,1H3/t6-,7-,8+/m1/s1. The van der Waals surface area contributed by atoms with E-state index in [2.05, 4.69) is 10.0 Å². The summed E-state index contributed by atoms with van der Waals surface area (Å²) in [4.78, 5) is 2.63. The van der Waals surface area contributed by atoms with Gasteiger partial charge in [-0.3, -0.25) is 0 Å². The maximum absolute atomic E-state index is 9.52. The van der Waals surface area contributed by atoms with E-state index in [1.807, 2.05) is 6.92 Å². The molecule has 0 aromatic heterocycles. The largest absolute Gasteiger partial charge is 0.390 e. The molecule has 0 aromatic carbocycles. The van der Waals surface area contributed by atoms with Crippen molar-refractivity contribution in [3.8, 4) is 0 Å². The molecule has 1 rings (SSSR count). The van der Waals surface area contributed by atoms with Crippen molar-refractivity contribution in [3.63, 3.8) is 0 Å². The Kier molecular flexibility index (Phi) is 4.69.